The molecule has 1 amide bonds. The normalized spacial score (nSPS) is 10.8. The Morgan fingerprint density at radius 3 is 2.47 bits per heavy atom. The molecule has 2 N–H and O–H groups in total. The van der Waals surface area contributed by atoms with Crippen molar-refractivity contribution < 1.29 is 9.53 Å². The summed E-state index contributed by atoms with van der Waals surface area (Å²) in [6, 6.07) is 5.22. The van der Waals surface area contributed by atoms with Crippen LogP contribution in [0, 0.1) is 3.57 Å². The summed E-state index contributed by atoms with van der Waals surface area (Å²) < 4.78 is 6.03. The van der Waals surface area contributed by atoms with Crippen LogP contribution in [0.3, 0.4) is 0 Å². The van der Waals surface area contributed by atoms with Gasteiger partial charge in [0, 0.05) is 11.1 Å². The van der Waals surface area contributed by atoms with E-state index in [0.717, 1.165) is 9.32 Å². The van der Waals surface area contributed by atoms with E-state index < -0.39 is 0 Å². The molecule has 0 saturated carbocycles. The highest BCUT2D eigenvalue weighted by molar-refractivity contribution is 14.1. The van der Waals surface area contributed by atoms with Crippen LogP contribution in [0.1, 0.15) is 31.1 Å². The molecule has 0 bridgehead atoms. The van der Waals surface area contributed by atoms with Crippen LogP contribution in [0.4, 0.5) is 0 Å². The molecule has 0 saturated heterocycles. The molecule has 0 aliphatic carbocycles. The monoisotopic (exact) mass is 392 g/mol. The maximum atomic E-state index is 12.0. The molecule has 1 rings (SSSR count). The van der Waals surface area contributed by atoms with E-state index in [0.29, 0.717) is 10.7 Å². The number of nitrogens with one attached hydrogen (secondary N) is 2. The van der Waals surface area contributed by atoms with Gasteiger partial charge in [-0.05, 0) is 73.8 Å². The molecule has 0 fully saturated rings. The van der Waals surface area contributed by atoms with E-state index >= 15 is 0 Å². The molecule has 0 heterocycles. The molecule has 0 aromatic heterocycles. The number of thiocarbonyl (C=S) groups is 1. The van der Waals surface area contributed by atoms with E-state index in [1.807, 2.05) is 20.8 Å². The minimum Gasteiger partial charge on any atom is -0.496 e. The second kappa shape index (κ2) is 6.51. The fraction of sp³-hybridized carbons (Fsp3) is 0.385. The molecule has 4 nitrogen and oxygen atoms in total. The Kier molecular flexibility index (Phi) is 5.54. The van der Waals surface area contributed by atoms with Gasteiger partial charge in [-0.2, -0.15) is 0 Å². The van der Waals surface area contributed by atoms with E-state index in [-0.39, 0.29) is 11.4 Å². The summed E-state index contributed by atoms with van der Waals surface area (Å²) in [5.74, 6) is 0.509. The van der Waals surface area contributed by atoms with Crippen molar-refractivity contribution in [3.05, 3.63) is 27.3 Å². The summed E-state index contributed by atoms with van der Waals surface area (Å²) in [5, 5.41) is 6.01. The molecule has 0 unspecified atom stereocenters. The third-order valence-electron chi connectivity index (χ3n) is 2.13. The van der Waals surface area contributed by atoms with Crippen LogP contribution in [0.2, 0.25) is 0 Å². The number of methoxy groups -OCH3 is 1. The van der Waals surface area contributed by atoms with Gasteiger partial charge in [-0.1, -0.05) is 0 Å². The van der Waals surface area contributed by atoms with E-state index in [1.54, 1.807) is 25.3 Å². The average Bonchev–Trinajstić information content (AvgIpc) is 2.26. The third kappa shape index (κ3) is 5.32. The van der Waals surface area contributed by atoms with Gasteiger partial charge in [0.1, 0.15) is 5.75 Å². The summed E-state index contributed by atoms with van der Waals surface area (Å²) in [7, 11) is 1.60. The molecule has 0 atom stereocenters. The van der Waals surface area contributed by atoms with Gasteiger partial charge in [-0.25, -0.2) is 0 Å². The van der Waals surface area contributed by atoms with Crippen molar-refractivity contribution in [2.24, 2.45) is 0 Å². The van der Waals surface area contributed by atoms with Gasteiger partial charge in [0.15, 0.2) is 5.11 Å². The van der Waals surface area contributed by atoms with Gasteiger partial charge in [0.05, 0.1) is 10.7 Å². The fourth-order valence-corrected chi connectivity index (χ4v) is 2.49. The lowest BCUT2D eigenvalue weighted by Crippen LogP contribution is -2.48. The van der Waals surface area contributed by atoms with Crippen molar-refractivity contribution in [1.29, 1.82) is 0 Å². The van der Waals surface area contributed by atoms with Crippen LogP contribution < -0.4 is 15.4 Å². The summed E-state index contributed by atoms with van der Waals surface area (Å²) >= 11 is 7.21. The van der Waals surface area contributed by atoms with Gasteiger partial charge in [0.2, 0.25) is 0 Å². The summed E-state index contributed by atoms with van der Waals surface area (Å²) in [6.07, 6.45) is 0. The maximum Gasteiger partial charge on any atom is 0.257 e. The number of carbonyl (C=O) groups excluding carboxylic acids is 1. The van der Waals surface area contributed by atoms with Crippen LogP contribution in [0.5, 0.6) is 5.75 Å². The summed E-state index contributed by atoms with van der Waals surface area (Å²) in [5.41, 5.74) is 0.363. The number of hydrogen-bond donors (Lipinski definition) is 2. The molecule has 0 radical (unpaired) electrons. The molecule has 1 aromatic rings. The Morgan fingerprint density at radius 1 is 1.37 bits per heavy atom. The highest BCUT2D eigenvalue weighted by Crippen LogP contribution is 2.21. The van der Waals surface area contributed by atoms with Gasteiger partial charge in [0.25, 0.3) is 5.91 Å². The average molecular weight is 392 g/mol. The lowest BCUT2D eigenvalue weighted by Gasteiger charge is -2.22. The van der Waals surface area contributed by atoms with Crippen molar-refractivity contribution >= 4 is 45.8 Å². The smallest absolute Gasteiger partial charge is 0.257 e. The fourth-order valence-electron chi connectivity index (χ4n) is 1.35. The second-order valence-corrected chi connectivity index (χ2v) is 6.58. The lowest BCUT2D eigenvalue weighted by molar-refractivity contribution is 0.0976. The van der Waals surface area contributed by atoms with Gasteiger partial charge < -0.3 is 10.1 Å². The quantitative estimate of drug-likeness (QED) is 0.601. The molecule has 19 heavy (non-hydrogen) atoms. The zero-order valence-corrected chi connectivity index (χ0v) is 14.3. The van der Waals surface area contributed by atoms with Gasteiger partial charge in [-0.3, -0.25) is 10.1 Å². The number of halogens is 1. The van der Waals surface area contributed by atoms with E-state index in [4.69, 9.17) is 17.0 Å². The molecular formula is C13H17IN2O2S. The van der Waals surface area contributed by atoms with Crippen molar-refractivity contribution in [2.45, 2.75) is 26.3 Å². The minimum atomic E-state index is -0.234. The first-order valence-electron chi connectivity index (χ1n) is 5.70. The number of ether oxygens (including phenoxy) is 1. The molecule has 0 aliphatic heterocycles. The van der Waals surface area contributed by atoms with Crippen LogP contribution >= 0.6 is 34.8 Å². The first-order chi connectivity index (χ1) is 8.73. The molecule has 6 heteroatoms. The Hall–Kier alpha value is -0.890. The summed E-state index contributed by atoms with van der Waals surface area (Å²) in [6.45, 7) is 5.92. The van der Waals surface area contributed by atoms with Crippen molar-refractivity contribution in [1.82, 2.24) is 10.6 Å². The largest absolute Gasteiger partial charge is 0.496 e. The topological polar surface area (TPSA) is 50.4 Å². The molecule has 0 aliphatic rings. The Labute approximate surface area is 132 Å². The zero-order chi connectivity index (χ0) is 14.6. The molecule has 1 aromatic carbocycles. The van der Waals surface area contributed by atoms with Crippen LogP contribution in [0.25, 0.3) is 0 Å². The van der Waals surface area contributed by atoms with Gasteiger partial charge in [-0.15, -0.1) is 0 Å². The standard InChI is InChI=1S/C13H17IN2O2S/c1-13(2,3)16-12(19)15-11(17)8-5-6-10(18-4)9(14)7-8/h5-7H,1-4H3,(H2,15,16,17,19). The molecule has 104 valence electrons. The number of carbonyl (C=O) groups is 1. The van der Waals surface area contributed by atoms with E-state index in [1.165, 1.54) is 0 Å². The van der Waals surface area contributed by atoms with E-state index in [2.05, 4.69) is 33.2 Å². The Bertz CT molecular complexity index is 498. The van der Waals surface area contributed by atoms with Crippen LogP contribution in [-0.2, 0) is 0 Å². The Balaban J connectivity index is 2.74. The molecule has 0 spiro atoms. The first-order valence-corrected chi connectivity index (χ1v) is 7.18. The zero-order valence-electron chi connectivity index (χ0n) is 11.3. The van der Waals surface area contributed by atoms with Crippen molar-refractivity contribution in [2.75, 3.05) is 7.11 Å². The summed E-state index contributed by atoms with van der Waals surface area (Å²) in [4.78, 5) is 12.0. The Morgan fingerprint density at radius 2 is 2.00 bits per heavy atom. The van der Waals surface area contributed by atoms with Gasteiger partial charge >= 0.3 is 0 Å². The molecular weight excluding hydrogens is 375 g/mol. The SMILES string of the molecule is COc1ccc(C(=O)NC(=S)NC(C)(C)C)cc1I. The van der Waals surface area contributed by atoms with Crippen LogP contribution in [-0.4, -0.2) is 23.7 Å². The second-order valence-electron chi connectivity index (χ2n) is 5.01. The van der Waals surface area contributed by atoms with E-state index in [9.17, 15) is 4.79 Å². The first kappa shape index (κ1) is 16.2. The maximum absolute atomic E-state index is 12.0. The number of hydrogen-bond acceptors (Lipinski definition) is 3. The number of rotatable bonds is 2. The predicted octanol–water partition coefficient (Wildman–Crippen LogP) is 2.70. The van der Waals surface area contributed by atoms with Crippen LogP contribution in [0.15, 0.2) is 18.2 Å². The number of amides is 1. The number of benzene rings is 1. The van der Waals surface area contributed by atoms with Crippen molar-refractivity contribution in [3.63, 3.8) is 0 Å². The lowest BCUT2D eigenvalue weighted by atomic mass is 10.1. The minimum absolute atomic E-state index is 0.182. The van der Waals surface area contributed by atoms with Crippen molar-refractivity contribution in [3.8, 4) is 5.75 Å². The predicted molar refractivity (Wildman–Crippen MR) is 88.7 cm³/mol. The third-order valence-corrected chi connectivity index (χ3v) is 3.18. The highest BCUT2D eigenvalue weighted by Gasteiger charge is 2.14. The highest BCUT2D eigenvalue weighted by atomic mass is 127.